The SMILES string of the molecule is CC(=O)CC1CCCCCN1C(=O)c1cccc(Cl)c1. The van der Waals surface area contributed by atoms with Gasteiger partial charge in [-0.05, 0) is 38.0 Å². The first-order chi connectivity index (χ1) is 9.58. The zero-order valence-electron chi connectivity index (χ0n) is 11.8. The van der Waals surface area contributed by atoms with Crippen LogP contribution in [0, 0.1) is 0 Å². The minimum atomic E-state index is -0.0133. The van der Waals surface area contributed by atoms with Crippen molar-refractivity contribution in [2.45, 2.75) is 45.1 Å². The normalized spacial score (nSPS) is 19.5. The summed E-state index contributed by atoms with van der Waals surface area (Å²) in [5.41, 5.74) is 0.605. The number of rotatable bonds is 3. The Kier molecular flexibility index (Phi) is 5.18. The lowest BCUT2D eigenvalue weighted by molar-refractivity contribution is -0.118. The van der Waals surface area contributed by atoms with Crippen LogP contribution in [0.5, 0.6) is 0 Å². The molecule has 108 valence electrons. The molecular formula is C16H20ClNO2. The first kappa shape index (κ1) is 15.0. The van der Waals surface area contributed by atoms with Gasteiger partial charge in [0.15, 0.2) is 0 Å². The van der Waals surface area contributed by atoms with E-state index in [4.69, 9.17) is 11.6 Å². The average Bonchev–Trinajstić information content (AvgIpc) is 2.63. The molecule has 1 atom stereocenters. The van der Waals surface area contributed by atoms with Crippen LogP contribution in [0.15, 0.2) is 24.3 Å². The summed E-state index contributed by atoms with van der Waals surface area (Å²) in [4.78, 5) is 25.9. The lowest BCUT2D eigenvalue weighted by Gasteiger charge is -2.29. The lowest BCUT2D eigenvalue weighted by Crippen LogP contribution is -2.41. The fourth-order valence-corrected chi connectivity index (χ4v) is 2.97. The highest BCUT2D eigenvalue weighted by molar-refractivity contribution is 6.30. The molecule has 4 heteroatoms. The molecule has 1 aliphatic rings. The van der Waals surface area contributed by atoms with E-state index >= 15 is 0 Å². The molecule has 2 rings (SSSR count). The van der Waals surface area contributed by atoms with Crippen molar-refractivity contribution in [3.63, 3.8) is 0 Å². The molecule has 1 aromatic carbocycles. The molecule has 0 N–H and O–H groups in total. The highest BCUT2D eigenvalue weighted by Gasteiger charge is 2.27. The van der Waals surface area contributed by atoms with Gasteiger partial charge >= 0.3 is 0 Å². The number of carbonyl (C=O) groups is 2. The molecular weight excluding hydrogens is 274 g/mol. The van der Waals surface area contributed by atoms with Crippen molar-refractivity contribution in [3.05, 3.63) is 34.9 Å². The van der Waals surface area contributed by atoms with E-state index in [-0.39, 0.29) is 17.7 Å². The minimum absolute atomic E-state index is 0.0133. The van der Waals surface area contributed by atoms with Crippen LogP contribution in [0.3, 0.4) is 0 Å². The number of Topliss-reactive ketones (excluding diaryl/α,β-unsaturated/α-hetero) is 1. The van der Waals surface area contributed by atoms with Gasteiger partial charge in [-0.15, -0.1) is 0 Å². The van der Waals surface area contributed by atoms with Crippen LogP contribution in [0.4, 0.5) is 0 Å². The highest BCUT2D eigenvalue weighted by atomic mass is 35.5. The number of carbonyl (C=O) groups excluding carboxylic acids is 2. The second-order valence-corrected chi connectivity index (χ2v) is 5.85. The van der Waals surface area contributed by atoms with Crippen molar-refractivity contribution in [2.75, 3.05) is 6.54 Å². The van der Waals surface area contributed by atoms with E-state index in [1.807, 2.05) is 4.90 Å². The predicted molar refractivity (Wildman–Crippen MR) is 80.0 cm³/mol. The van der Waals surface area contributed by atoms with Gasteiger partial charge in [-0.25, -0.2) is 0 Å². The van der Waals surface area contributed by atoms with Gasteiger partial charge in [0.05, 0.1) is 0 Å². The monoisotopic (exact) mass is 293 g/mol. The fraction of sp³-hybridized carbons (Fsp3) is 0.500. The number of amides is 1. The van der Waals surface area contributed by atoms with E-state index in [0.29, 0.717) is 17.0 Å². The smallest absolute Gasteiger partial charge is 0.254 e. The number of benzene rings is 1. The van der Waals surface area contributed by atoms with Crippen molar-refractivity contribution >= 4 is 23.3 Å². The molecule has 3 nitrogen and oxygen atoms in total. The lowest BCUT2D eigenvalue weighted by atomic mass is 10.0. The molecule has 20 heavy (non-hydrogen) atoms. The summed E-state index contributed by atoms with van der Waals surface area (Å²) in [6, 6.07) is 7.05. The summed E-state index contributed by atoms with van der Waals surface area (Å²) in [6.45, 7) is 2.32. The van der Waals surface area contributed by atoms with E-state index in [2.05, 4.69) is 0 Å². The largest absolute Gasteiger partial charge is 0.335 e. The Morgan fingerprint density at radius 2 is 2.10 bits per heavy atom. The average molecular weight is 294 g/mol. The zero-order valence-corrected chi connectivity index (χ0v) is 12.5. The van der Waals surface area contributed by atoms with Crippen LogP contribution in [0.1, 0.15) is 49.4 Å². The third kappa shape index (κ3) is 3.83. The summed E-state index contributed by atoms with van der Waals surface area (Å²) in [5.74, 6) is 0.126. The summed E-state index contributed by atoms with van der Waals surface area (Å²) in [7, 11) is 0. The molecule has 0 spiro atoms. The standard InChI is InChI=1S/C16H20ClNO2/c1-12(19)10-15-8-3-2-4-9-18(15)16(20)13-6-5-7-14(17)11-13/h5-7,11,15H,2-4,8-10H2,1H3. The van der Waals surface area contributed by atoms with Crippen LogP contribution in [0.2, 0.25) is 5.02 Å². The van der Waals surface area contributed by atoms with Crippen LogP contribution in [-0.2, 0) is 4.79 Å². The maximum Gasteiger partial charge on any atom is 0.254 e. The Hall–Kier alpha value is -1.35. The van der Waals surface area contributed by atoms with Crippen LogP contribution >= 0.6 is 11.6 Å². The summed E-state index contributed by atoms with van der Waals surface area (Å²) >= 11 is 5.96. The van der Waals surface area contributed by atoms with Gasteiger partial charge in [0.1, 0.15) is 5.78 Å². The number of nitrogens with zero attached hydrogens (tertiary/aromatic N) is 1. The Bertz CT molecular complexity index is 501. The van der Waals surface area contributed by atoms with Gasteiger partial charge in [-0.2, -0.15) is 0 Å². The summed E-state index contributed by atoms with van der Waals surface area (Å²) in [5, 5.41) is 0.564. The first-order valence-electron chi connectivity index (χ1n) is 7.14. The second-order valence-electron chi connectivity index (χ2n) is 5.42. The third-order valence-electron chi connectivity index (χ3n) is 3.73. The van der Waals surface area contributed by atoms with Crippen LogP contribution in [0.25, 0.3) is 0 Å². The molecule has 0 aromatic heterocycles. The van der Waals surface area contributed by atoms with E-state index in [1.54, 1.807) is 31.2 Å². The van der Waals surface area contributed by atoms with Gasteiger partial charge in [0.25, 0.3) is 5.91 Å². The first-order valence-corrected chi connectivity index (χ1v) is 7.51. The minimum Gasteiger partial charge on any atom is -0.335 e. The highest BCUT2D eigenvalue weighted by Crippen LogP contribution is 2.22. The number of likely N-dealkylation sites (tertiary alicyclic amines) is 1. The van der Waals surface area contributed by atoms with Crippen LogP contribution < -0.4 is 0 Å². The molecule has 1 aliphatic heterocycles. The molecule has 1 fully saturated rings. The van der Waals surface area contributed by atoms with Gasteiger partial charge in [0.2, 0.25) is 0 Å². The van der Waals surface area contributed by atoms with E-state index < -0.39 is 0 Å². The van der Waals surface area contributed by atoms with Crippen molar-refractivity contribution in [1.82, 2.24) is 4.90 Å². The summed E-state index contributed by atoms with van der Waals surface area (Å²) < 4.78 is 0. The maximum atomic E-state index is 12.7. The Morgan fingerprint density at radius 3 is 2.80 bits per heavy atom. The Labute approximate surface area is 124 Å². The van der Waals surface area contributed by atoms with Gasteiger partial charge in [-0.1, -0.05) is 30.5 Å². The maximum absolute atomic E-state index is 12.7. The Balaban J connectivity index is 2.21. The second kappa shape index (κ2) is 6.89. The molecule has 1 heterocycles. The van der Waals surface area contributed by atoms with Crippen molar-refractivity contribution in [2.24, 2.45) is 0 Å². The molecule has 0 bridgehead atoms. The number of halogens is 1. The predicted octanol–water partition coefficient (Wildman–Crippen LogP) is 3.70. The third-order valence-corrected chi connectivity index (χ3v) is 3.97. The van der Waals surface area contributed by atoms with Crippen molar-refractivity contribution in [3.8, 4) is 0 Å². The zero-order chi connectivity index (χ0) is 14.5. The molecule has 1 aromatic rings. The van der Waals surface area contributed by atoms with Crippen LogP contribution in [-0.4, -0.2) is 29.2 Å². The van der Waals surface area contributed by atoms with E-state index in [1.165, 1.54) is 0 Å². The number of hydrogen-bond donors (Lipinski definition) is 0. The van der Waals surface area contributed by atoms with Gasteiger partial charge in [-0.3, -0.25) is 9.59 Å². The number of hydrogen-bond acceptors (Lipinski definition) is 2. The molecule has 1 saturated heterocycles. The topological polar surface area (TPSA) is 37.4 Å². The van der Waals surface area contributed by atoms with E-state index in [9.17, 15) is 9.59 Å². The molecule has 0 saturated carbocycles. The Morgan fingerprint density at radius 1 is 1.30 bits per heavy atom. The number of ketones is 1. The molecule has 1 amide bonds. The summed E-state index contributed by atoms with van der Waals surface area (Å²) in [6.07, 6.45) is 4.56. The van der Waals surface area contributed by atoms with Gasteiger partial charge < -0.3 is 4.90 Å². The quantitative estimate of drug-likeness (QED) is 0.852. The van der Waals surface area contributed by atoms with Crippen molar-refractivity contribution < 1.29 is 9.59 Å². The molecule has 0 aliphatic carbocycles. The van der Waals surface area contributed by atoms with E-state index in [0.717, 1.165) is 32.2 Å². The molecule has 1 unspecified atom stereocenters. The van der Waals surface area contributed by atoms with Crippen molar-refractivity contribution in [1.29, 1.82) is 0 Å². The van der Waals surface area contributed by atoms with Gasteiger partial charge in [0, 0.05) is 29.6 Å². The fourth-order valence-electron chi connectivity index (χ4n) is 2.78. The molecule has 0 radical (unpaired) electrons.